The minimum atomic E-state index is -0.154. The highest BCUT2D eigenvalue weighted by atomic mass is 16.7. The summed E-state index contributed by atoms with van der Waals surface area (Å²) in [6, 6.07) is 0. The maximum Gasteiger partial charge on any atom is 0.252 e. The normalized spacial score (nSPS) is 18.4. The van der Waals surface area contributed by atoms with E-state index in [4.69, 9.17) is 4.84 Å². The summed E-state index contributed by atoms with van der Waals surface area (Å²) in [5.41, 5.74) is -0.154. The zero-order valence-corrected chi connectivity index (χ0v) is 9.08. The summed E-state index contributed by atoms with van der Waals surface area (Å²) in [6.07, 6.45) is 6.83. The number of rotatable bonds is 5. The summed E-state index contributed by atoms with van der Waals surface area (Å²) in [4.78, 5) is 16.9. The fourth-order valence-electron chi connectivity index (χ4n) is 1.97. The Hall–Kier alpha value is -0.830. The SMILES string of the molecule is C=CCCC1(C(=O)N(C)OC)CCC1. The Bertz CT molecular complexity index is 221. The molecule has 0 unspecified atom stereocenters. The minimum absolute atomic E-state index is 0.119. The lowest BCUT2D eigenvalue weighted by molar-refractivity contribution is -0.186. The molecule has 1 fully saturated rings. The Morgan fingerprint density at radius 3 is 2.64 bits per heavy atom. The van der Waals surface area contributed by atoms with Crippen molar-refractivity contribution in [3.05, 3.63) is 12.7 Å². The molecule has 0 aromatic carbocycles. The van der Waals surface area contributed by atoms with Crippen LogP contribution < -0.4 is 0 Å². The number of carbonyl (C=O) groups excluding carboxylic acids is 1. The number of allylic oxidation sites excluding steroid dienone is 1. The lowest BCUT2D eigenvalue weighted by Crippen LogP contribution is -2.46. The average Bonchev–Trinajstić information content (AvgIpc) is 2.15. The maximum atomic E-state index is 12.0. The van der Waals surface area contributed by atoms with E-state index in [1.54, 1.807) is 7.05 Å². The number of hydrogen-bond acceptors (Lipinski definition) is 2. The van der Waals surface area contributed by atoms with Crippen molar-refractivity contribution in [2.45, 2.75) is 32.1 Å². The third-order valence-electron chi connectivity index (χ3n) is 3.15. The van der Waals surface area contributed by atoms with E-state index in [-0.39, 0.29) is 11.3 Å². The van der Waals surface area contributed by atoms with Crippen LogP contribution >= 0.6 is 0 Å². The van der Waals surface area contributed by atoms with Crippen molar-refractivity contribution in [3.63, 3.8) is 0 Å². The van der Waals surface area contributed by atoms with Crippen LogP contribution in [0.25, 0.3) is 0 Å². The van der Waals surface area contributed by atoms with Crippen molar-refractivity contribution >= 4 is 5.91 Å². The molecule has 0 aliphatic heterocycles. The summed E-state index contributed by atoms with van der Waals surface area (Å²) in [7, 11) is 3.20. The van der Waals surface area contributed by atoms with Crippen LogP contribution in [0, 0.1) is 5.41 Å². The Kier molecular flexibility index (Phi) is 3.69. The van der Waals surface area contributed by atoms with Gasteiger partial charge in [0.15, 0.2) is 0 Å². The molecule has 1 rings (SSSR count). The Labute approximate surface area is 85.7 Å². The van der Waals surface area contributed by atoms with Gasteiger partial charge in [0.2, 0.25) is 0 Å². The largest absolute Gasteiger partial charge is 0.275 e. The van der Waals surface area contributed by atoms with Crippen LogP contribution in [0.5, 0.6) is 0 Å². The van der Waals surface area contributed by atoms with Crippen molar-refractivity contribution in [1.82, 2.24) is 5.06 Å². The van der Waals surface area contributed by atoms with Crippen LogP contribution in [0.2, 0.25) is 0 Å². The standard InChI is InChI=1S/C11H19NO2/c1-4-5-7-11(8-6-9-11)10(13)12(2)14-3/h4H,1,5-9H2,2-3H3. The first-order valence-corrected chi connectivity index (χ1v) is 5.09. The van der Waals surface area contributed by atoms with Gasteiger partial charge >= 0.3 is 0 Å². The van der Waals surface area contributed by atoms with Gasteiger partial charge in [0.25, 0.3) is 5.91 Å². The Balaban J connectivity index is 2.59. The number of carbonyl (C=O) groups is 1. The van der Waals surface area contributed by atoms with Crippen LogP contribution in [0.3, 0.4) is 0 Å². The first-order valence-electron chi connectivity index (χ1n) is 5.09. The van der Waals surface area contributed by atoms with E-state index in [0.717, 1.165) is 32.1 Å². The maximum absolute atomic E-state index is 12.0. The molecular weight excluding hydrogens is 178 g/mol. The molecule has 3 heteroatoms. The molecule has 0 bridgehead atoms. The summed E-state index contributed by atoms with van der Waals surface area (Å²) in [5, 5.41) is 1.35. The summed E-state index contributed by atoms with van der Waals surface area (Å²) in [6.45, 7) is 3.69. The quantitative estimate of drug-likeness (QED) is 0.499. The molecule has 0 atom stereocenters. The fourth-order valence-corrected chi connectivity index (χ4v) is 1.97. The predicted molar refractivity (Wildman–Crippen MR) is 55.5 cm³/mol. The summed E-state index contributed by atoms with van der Waals surface area (Å²) >= 11 is 0. The highest BCUT2D eigenvalue weighted by molar-refractivity contribution is 5.82. The summed E-state index contributed by atoms with van der Waals surface area (Å²) < 4.78 is 0. The van der Waals surface area contributed by atoms with Gasteiger partial charge in [-0.2, -0.15) is 0 Å². The van der Waals surface area contributed by atoms with Crippen molar-refractivity contribution in [3.8, 4) is 0 Å². The lowest BCUT2D eigenvalue weighted by Gasteiger charge is -2.41. The first kappa shape index (κ1) is 11.2. The van der Waals surface area contributed by atoms with Gasteiger partial charge in [-0.05, 0) is 25.7 Å². The zero-order chi connectivity index (χ0) is 10.6. The van der Waals surface area contributed by atoms with Gasteiger partial charge in [0.1, 0.15) is 0 Å². The molecular formula is C11H19NO2. The zero-order valence-electron chi connectivity index (χ0n) is 9.08. The molecule has 0 saturated heterocycles. The molecule has 80 valence electrons. The molecule has 1 aliphatic rings. The molecule has 14 heavy (non-hydrogen) atoms. The van der Waals surface area contributed by atoms with Crippen LogP contribution in [0.15, 0.2) is 12.7 Å². The number of hydrogen-bond donors (Lipinski definition) is 0. The monoisotopic (exact) mass is 197 g/mol. The van der Waals surface area contributed by atoms with Crippen LogP contribution in [0.4, 0.5) is 0 Å². The lowest BCUT2D eigenvalue weighted by atomic mass is 9.65. The Morgan fingerprint density at radius 1 is 1.64 bits per heavy atom. The minimum Gasteiger partial charge on any atom is -0.275 e. The second kappa shape index (κ2) is 4.60. The van der Waals surface area contributed by atoms with Crippen LogP contribution in [-0.2, 0) is 9.63 Å². The molecule has 0 aromatic rings. The molecule has 0 heterocycles. The van der Waals surface area contributed by atoms with Gasteiger partial charge in [0, 0.05) is 7.05 Å². The van der Waals surface area contributed by atoms with E-state index in [2.05, 4.69) is 6.58 Å². The van der Waals surface area contributed by atoms with Crippen molar-refractivity contribution in [2.75, 3.05) is 14.2 Å². The van der Waals surface area contributed by atoms with Gasteiger partial charge in [-0.25, -0.2) is 5.06 Å². The van der Waals surface area contributed by atoms with Crippen LogP contribution in [0.1, 0.15) is 32.1 Å². The van der Waals surface area contributed by atoms with E-state index in [0.29, 0.717) is 0 Å². The van der Waals surface area contributed by atoms with Gasteiger partial charge in [0.05, 0.1) is 12.5 Å². The van der Waals surface area contributed by atoms with Gasteiger partial charge in [-0.3, -0.25) is 9.63 Å². The van der Waals surface area contributed by atoms with Crippen molar-refractivity contribution < 1.29 is 9.63 Å². The third-order valence-corrected chi connectivity index (χ3v) is 3.15. The van der Waals surface area contributed by atoms with Gasteiger partial charge in [-0.1, -0.05) is 12.5 Å². The van der Waals surface area contributed by atoms with Gasteiger partial charge < -0.3 is 0 Å². The van der Waals surface area contributed by atoms with Gasteiger partial charge in [-0.15, -0.1) is 6.58 Å². The molecule has 3 nitrogen and oxygen atoms in total. The third kappa shape index (κ3) is 1.98. The second-order valence-corrected chi connectivity index (χ2v) is 3.95. The topological polar surface area (TPSA) is 29.5 Å². The number of amides is 1. The summed E-state index contributed by atoms with van der Waals surface area (Å²) in [5.74, 6) is 0.119. The average molecular weight is 197 g/mol. The molecule has 1 aliphatic carbocycles. The second-order valence-electron chi connectivity index (χ2n) is 3.95. The van der Waals surface area contributed by atoms with Crippen molar-refractivity contribution in [2.24, 2.45) is 5.41 Å². The van der Waals surface area contributed by atoms with Crippen molar-refractivity contribution in [1.29, 1.82) is 0 Å². The van der Waals surface area contributed by atoms with E-state index >= 15 is 0 Å². The number of hydroxylamine groups is 2. The number of nitrogens with zero attached hydrogens (tertiary/aromatic N) is 1. The van der Waals surface area contributed by atoms with E-state index in [1.165, 1.54) is 12.2 Å². The smallest absolute Gasteiger partial charge is 0.252 e. The van der Waals surface area contributed by atoms with E-state index in [9.17, 15) is 4.79 Å². The molecule has 0 spiro atoms. The molecule has 1 amide bonds. The van der Waals surface area contributed by atoms with E-state index in [1.807, 2.05) is 6.08 Å². The highest BCUT2D eigenvalue weighted by Crippen LogP contribution is 2.46. The molecule has 0 N–H and O–H groups in total. The molecule has 0 aromatic heterocycles. The van der Waals surface area contributed by atoms with Crippen LogP contribution in [-0.4, -0.2) is 25.1 Å². The molecule has 1 saturated carbocycles. The molecule has 0 radical (unpaired) electrons. The predicted octanol–water partition coefficient (Wildman–Crippen LogP) is 2.14. The highest BCUT2D eigenvalue weighted by Gasteiger charge is 2.44. The Morgan fingerprint density at radius 2 is 2.29 bits per heavy atom. The van der Waals surface area contributed by atoms with E-state index < -0.39 is 0 Å². The fraction of sp³-hybridized carbons (Fsp3) is 0.727. The first-order chi connectivity index (χ1) is 6.66.